The van der Waals surface area contributed by atoms with E-state index in [2.05, 4.69) is 32.0 Å². The molecular formula is C22H33NO. The summed E-state index contributed by atoms with van der Waals surface area (Å²) in [6.45, 7) is 5.13. The number of rotatable bonds is 9. The predicted molar refractivity (Wildman–Crippen MR) is 100 cm³/mol. The molecule has 0 atom stereocenters. The minimum absolute atomic E-state index is 0.275. The molecule has 2 nitrogen and oxygen atoms in total. The number of hydrogen-bond acceptors (Lipinski definition) is 2. The molecule has 1 saturated carbocycles. The third-order valence-electron chi connectivity index (χ3n) is 5.52. The summed E-state index contributed by atoms with van der Waals surface area (Å²) >= 11 is 0. The molecule has 0 aliphatic heterocycles. The fraction of sp³-hybridized carbons (Fsp3) is 0.682. The molecule has 0 aromatic heterocycles. The second kappa shape index (κ2) is 9.72. The van der Waals surface area contributed by atoms with Crippen molar-refractivity contribution in [3.63, 3.8) is 0 Å². The van der Waals surface area contributed by atoms with Crippen molar-refractivity contribution < 1.29 is 4.74 Å². The Morgan fingerprint density at radius 3 is 2.33 bits per heavy atom. The van der Waals surface area contributed by atoms with Crippen LogP contribution in [0.15, 0.2) is 24.3 Å². The van der Waals surface area contributed by atoms with Crippen LogP contribution in [-0.4, -0.2) is 6.61 Å². The topological polar surface area (TPSA) is 33.0 Å². The molecule has 1 aliphatic carbocycles. The highest BCUT2D eigenvalue weighted by molar-refractivity contribution is 5.37. The average molecular weight is 328 g/mol. The number of nitrogens with zero attached hydrogens (tertiary/aromatic N) is 1. The van der Waals surface area contributed by atoms with Gasteiger partial charge in [-0.05, 0) is 55.7 Å². The van der Waals surface area contributed by atoms with Crippen molar-refractivity contribution >= 4 is 0 Å². The van der Waals surface area contributed by atoms with Gasteiger partial charge in [-0.2, -0.15) is 5.26 Å². The molecule has 1 fully saturated rings. The quantitative estimate of drug-likeness (QED) is 0.492. The molecular weight excluding hydrogens is 294 g/mol. The van der Waals surface area contributed by atoms with Crippen LogP contribution in [0.1, 0.15) is 83.6 Å². The lowest BCUT2D eigenvalue weighted by molar-refractivity contribution is 0.261. The molecule has 1 aromatic rings. The molecule has 0 amide bonds. The van der Waals surface area contributed by atoms with Gasteiger partial charge in [0.1, 0.15) is 5.75 Å². The van der Waals surface area contributed by atoms with Crippen LogP contribution >= 0.6 is 0 Å². The summed E-state index contributed by atoms with van der Waals surface area (Å²) in [5, 5.41) is 9.86. The first-order valence-electron chi connectivity index (χ1n) is 9.88. The Morgan fingerprint density at radius 2 is 1.75 bits per heavy atom. The highest BCUT2D eigenvalue weighted by Crippen LogP contribution is 2.43. The lowest BCUT2D eigenvalue weighted by Crippen LogP contribution is -2.30. The van der Waals surface area contributed by atoms with Gasteiger partial charge in [-0.15, -0.1) is 0 Å². The Hall–Kier alpha value is -1.49. The minimum Gasteiger partial charge on any atom is -0.494 e. The van der Waals surface area contributed by atoms with Crippen LogP contribution in [0.3, 0.4) is 0 Å². The zero-order chi connectivity index (χ0) is 17.3. The van der Waals surface area contributed by atoms with Crippen molar-refractivity contribution in [1.82, 2.24) is 0 Å². The van der Waals surface area contributed by atoms with E-state index in [1.54, 1.807) is 0 Å². The molecule has 0 bridgehead atoms. The highest BCUT2D eigenvalue weighted by atomic mass is 16.5. The van der Waals surface area contributed by atoms with E-state index in [9.17, 15) is 5.26 Å². The Bertz CT molecular complexity index is 506. The maximum absolute atomic E-state index is 9.86. The first-order valence-corrected chi connectivity index (χ1v) is 9.88. The van der Waals surface area contributed by atoms with E-state index in [1.165, 1.54) is 50.5 Å². The molecule has 2 heteroatoms. The maximum Gasteiger partial charge on any atom is 0.119 e. The van der Waals surface area contributed by atoms with E-state index in [1.807, 2.05) is 12.1 Å². The van der Waals surface area contributed by atoms with Crippen LogP contribution in [0.5, 0.6) is 5.75 Å². The fourth-order valence-corrected chi connectivity index (χ4v) is 3.87. The SMILES string of the molecule is CCCCCCC1CCC(C#N)(c2ccc(OCCC)cc2)CC1. The third-order valence-corrected chi connectivity index (χ3v) is 5.52. The van der Waals surface area contributed by atoms with E-state index < -0.39 is 0 Å². The van der Waals surface area contributed by atoms with Crippen LogP contribution < -0.4 is 4.74 Å². The summed E-state index contributed by atoms with van der Waals surface area (Å²) in [7, 11) is 0. The fourth-order valence-electron chi connectivity index (χ4n) is 3.87. The molecule has 0 unspecified atom stereocenters. The number of hydrogen-bond donors (Lipinski definition) is 0. The summed E-state index contributed by atoms with van der Waals surface area (Å²) in [5.74, 6) is 1.74. The van der Waals surface area contributed by atoms with Gasteiger partial charge in [0, 0.05) is 0 Å². The van der Waals surface area contributed by atoms with Gasteiger partial charge in [0.05, 0.1) is 18.1 Å². The van der Waals surface area contributed by atoms with Gasteiger partial charge >= 0.3 is 0 Å². The molecule has 1 aliphatic rings. The molecule has 0 saturated heterocycles. The summed E-state index contributed by atoms with van der Waals surface area (Å²) in [6, 6.07) is 10.9. The zero-order valence-corrected chi connectivity index (χ0v) is 15.5. The number of benzene rings is 1. The minimum atomic E-state index is -0.275. The normalized spacial score (nSPS) is 23.6. The third kappa shape index (κ3) is 5.00. The van der Waals surface area contributed by atoms with Crippen LogP contribution in [0.2, 0.25) is 0 Å². The number of unbranched alkanes of at least 4 members (excludes halogenated alkanes) is 3. The second-order valence-electron chi connectivity index (χ2n) is 7.36. The summed E-state index contributed by atoms with van der Waals surface area (Å²) < 4.78 is 5.66. The van der Waals surface area contributed by atoms with Crippen LogP contribution in [0, 0.1) is 17.2 Å². The van der Waals surface area contributed by atoms with Crippen LogP contribution in [0.4, 0.5) is 0 Å². The largest absolute Gasteiger partial charge is 0.494 e. The lowest BCUT2D eigenvalue weighted by Gasteiger charge is -2.35. The molecule has 0 N–H and O–H groups in total. The summed E-state index contributed by atoms with van der Waals surface area (Å²) in [5.41, 5.74) is 0.904. The molecule has 0 spiro atoms. The molecule has 1 aromatic carbocycles. The van der Waals surface area contributed by atoms with E-state index >= 15 is 0 Å². The first-order chi connectivity index (χ1) is 11.7. The van der Waals surface area contributed by atoms with E-state index in [0.717, 1.165) is 37.5 Å². The van der Waals surface area contributed by atoms with E-state index in [0.29, 0.717) is 0 Å². The maximum atomic E-state index is 9.86. The highest BCUT2D eigenvalue weighted by Gasteiger charge is 2.36. The van der Waals surface area contributed by atoms with Gasteiger partial charge in [0.15, 0.2) is 0 Å². The first kappa shape index (κ1) is 18.8. The smallest absolute Gasteiger partial charge is 0.119 e. The van der Waals surface area contributed by atoms with Gasteiger partial charge in [0.25, 0.3) is 0 Å². The van der Waals surface area contributed by atoms with Gasteiger partial charge in [-0.25, -0.2) is 0 Å². The van der Waals surface area contributed by atoms with Crippen molar-refractivity contribution in [3.8, 4) is 11.8 Å². The van der Waals surface area contributed by atoms with Gasteiger partial charge in [-0.3, -0.25) is 0 Å². The average Bonchev–Trinajstić information content (AvgIpc) is 2.64. The van der Waals surface area contributed by atoms with Gasteiger partial charge in [0.2, 0.25) is 0 Å². The standard InChI is InChI=1S/C22H33NO/c1-3-5-6-7-8-19-13-15-22(18-23,16-14-19)20-9-11-21(12-10-20)24-17-4-2/h9-12,19H,3-8,13-17H2,1-2H3. The van der Waals surface area contributed by atoms with Crippen molar-refractivity contribution in [2.75, 3.05) is 6.61 Å². The lowest BCUT2D eigenvalue weighted by atomic mass is 9.67. The van der Waals surface area contributed by atoms with Gasteiger partial charge in [-0.1, -0.05) is 58.1 Å². The van der Waals surface area contributed by atoms with Crippen LogP contribution in [-0.2, 0) is 5.41 Å². The summed E-state index contributed by atoms with van der Waals surface area (Å²) in [6.07, 6.45) is 12.2. The van der Waals surface area contributed by atoms with Crippen molar-refractivity contribution in [2.45, 2.75) is 83.5 Å². The molecule has 0 heterocycles. The Kier molecular flexibility index (Phi) is 7.63. The van der Waals surface area contributed by atoms with Crippen molar-refractivity contribution in [1.29, 1.82) is 5.26 Å². The molecule has 24 heavy (non-hydrogen) atoms. The number of ether oxygens (including phenoxy) is 1. The monoisotopic (exact) mass is 327 g/mol. The van der Waals surface area contributed by atoms with E-state index in [4.69, 9.17) is 4.74 Å². The van der Waals surface area contributed by atoms with Crippen molar-refractivity contribution in [2.24, 2.45) is 5.92 Å². The van der Waals surface area contributed by atoms with Crippen LogP contribution in [0.25, 0.3) is 0 Å². The number of nitriles is 1. The predicted octanol–water partition coefficient (Wildman–Crippen LogP) is 6.40. The summed E-state index contributed by atoms with van der Waals surface area (Å²) in [4.78, 5) is 0. The zero-order valence-electron chi connectivity index (χ0n) is 15.5. The Labute approximate surface area is 148 Å². The Morgan fingerprint density at radius 1 is 1.04 bits per heavy atom. The molecule has 2 rings (SSSR count). The van der Waals surface area contributed by atoms with E-state index in [-0.39, 0.29) is 5.41 Å². The van der Waals surface area contributed by atoms with Crippen molar-refractivity contribution in [3.05, 3.63) is 29.8 Å². The molecule has 132 valence electrons. The second-order valence-corrected chi connectivity index (χ2v) is 7.36. The van der Waals surface area contributed by atoms with Gasteiger partial charge < -0.3 is 4.74 Å². The Balaban J connectivity index is 1.90. The molecule has 0 radical (unpaired) electrons.